The monoisotopic (exact) mass is 247 g/mol. The van der Waals surface area contributed by atoms with Gasteiger partial charge in [0.15, 0.2) is 0 Å². The minimum absolute atomic E-state index is 0.340. The zero-order valence-corrected chi connectivity index (χ0v) is 11.8. The van der Waals surface area contributed by atoms with Gasteiger partial charge in [-0.05, 0) is 38.7 Å². The van der Waals surface area contributed by atoms with Crippen molar-refractivity contribution in [3.8, 4) is 5.75 Å². The van der Waals surface area contributed by atoms with E-state index in [0.717, 1.165) is 31.2 Å². The SMILES string of the molecule is CCC(CC)Oc1ccc(C)cc1CNC1CC1. The molecule has 1 aromatic rings. The second kappa shape index (κ2) is 6.24. The van der Waals surface area contributed by atoms with Gasteiger partial charge < -0.3 is 10.1 Å². The van der Waals surface area contributed by atoms with Crippen LogP contribution in [0.1, 0.15) is 50.7 Å². The molecule has 18 heavy (non-hydrogen) atoms. The molecule has 0 unspecified atom stereocenters. The summed E-state index contributed by atoms with van der Waals surface area (Å²) >= 11 is 0. The molecule has 2 rings (SSSR count). The molecular formula is C16H25NO. The van der Waals surface area contributed by atoms with Gasteiger partial charge in [0, 0.05) is 18.2 Å². The van der Waals surface area contributed by atoms with E-state index >= 15 is 0 Å². The summed E-state index contributed by atoms with van der Waals surface area (Å²) in [7, 11) is 0. The molecule has 100 valence electrons. The predicted octanol–water partition coefficient (Wildman–Crippen LogP) is 3.81. The van der Waals surface area contributed by atoms with Crippen molar-refractivity contribution in [3.63, 3.8) is 0 Å². The maximum absolute atomic E-state index is 6.11. The van der Waals surface area contributed by atoms with E-state index in [1.807, 2.05) is 0 Å². The average Bonchev–Trinajstić information content (AvgIpc) is 3.19. The fraction of sp³-hybridized carbons (Fsp3) is 0.625. The maximum Gasteiger partial charge on any atom is 0.124 e. The van der Waals surface area contributed by atoms with Crippen molar-refractivity contribution in [2.45, 2.75) is 65.1 Å². The Morgan fingerprint density at radius 1 is 1.28 bits per heavy atom. The lowest BCUT2D eigenvalue weighted by Gasteiger charge is -2.19. The van der Waals surface area contributed by atoms with E-state index in [9.17, 15) is 0 Å². The molecule has 1 aliphatic rings. The first kappa shape index (κ1) is 13.4. The van der Waals surface area contributed by atoms with Crippen LogP contribution in [0, 0.1) is 6.92 Å². The van der Waals surface area contributed by atoms with Crippen molar-refractivity contribution >= 4 is 0 Å². The van der Waals surface area contributed by atoms with E-state index in [-0.39, 0.29) is 0 Å². The number of benzene rings is 1. The molecule has 0 radical (unpaired) electrons. The van der Waals surface area contributed by atoms with Crippen LogP contribution >= 0.6 is 0 Å². The summed E-state index contributed by atoms with van der Waals surface area (Å²) in [6.45, 7) is 7.44. The quantitative estimate of drug-likeness (QED) is 0.791. The highest BCUT2D eigenvalue weighted by Crippen LogP contribution is 2.25. The Hall–Kier alpha value is -1.02. The van der Waals surface area contributed by atoms with Crippen LogP contribution in [0.3, 0.4) is 0 Å². The zero-order valence-electron chi connectivity index (χ0n) is 11.8. The van der Waals surface area contributed by atoms with Crippen molar-refractivity contribution in [3.05, 3.63) is 29.3 Å². The summed E-state index contributed by atoms with van der Waals surface area (Å²) < 4.78 is 6.11. The standard InChI is InChI=1S/C16H25NO/c1-4-15(5-2)18-16-9-6-12(3)10-13(16)11-17-14-7-8-14/h6,9-10,14-15,17H,4-5,7-8,11H2,1-3H3. The number of ether oxygens (including phenoxy) is 1. The van der Waals surface area contributed by atoms with E-state index in [1.165, 1.54) is 24.0 Å². The van der Waals surface area contributed by atoms with Crippen LogP contribution in [0.4, 0.5) is 0 Å². The van der Waals surface area contributed by atoms with Gasteiger partial charge in [0.2, 0.25) is 0 Å². The van der Waals surface area contributed by atoms with Crippen LogP contribution < -0.4 is 10.1 Å². The van der Waals surface area contributed by atoms with E-state index in [4.69, 9.17) is 4.74 Å². The lowest BCUT2D eigenvalue weighted by Crippen LogP contribution is -2.19. The molecule has 0 aromatic heterocycles. The van der Waals surface area contributed by atoms with Gasteiger partial charge in [0.05, 0.1) is 6.10 Å². The number of rotatable bonds is 7. The lowest BCUT2D eigenvalue weighted by molar-refractivity contribution is 0.190. The largest absolute Gasteiger partial charge is 0.490 e. The summed E-state index contributed by atoms with van der Waals surface area (Å²) in [6, 6.07) is 7.25. The smallest absolute Gasteiger partial charge is 0.124 e. The van der Waals surface area contributed by atoms with Crippen LogP contribution in [0.15, 0.2) is 18.2 Å². The van der Waals surface area contributed by atoms with E-state index in [1.54, 1.807) is 0 Å². The Balaban J connectivity index is 2.05. The van der Waals surface area contributed by atoms with E-state index in [2.05, 4.69) is 44.3 Å². The highest BCUT2D eigenvalue weighted by molar-refractivity contribution is 5.37. The molecule has 0 spiro atoms. The predicted molar refractivity (Wildman–Crippen MR) is 76.0 cm³/mol. The van der Waals surface area contributed by atoms with Gasteiger partial charge in [-0.2, -0.15) is 0 Å². The van der Waals surface area contributed by atoms with Gasteiger partial charge in [-0.25, -0.2) is 0 Å². The summed E-state index contributed by atoms with van der Waals surface area (Å²) in [5.74, 6) is 1.06. The van der Waals surface area contributed by atoms with Crippen molar-refractivity contribution < 1.29 is 4.74 Å². The van der Waals surface area contributed by atoms with Crippen LogP contribution in [0.25, 0.3) is 0 Å². The third-order valence-electron chi connectivity index (χ3n) is 3.58. The summed E-state index contributed by atoms with van der Waals surface area (Å²) in [5, 5.41) is 3.57. The maximum atomic E-state index is 6.11. The van der Waals surface area contributed by atoms with Gasteiger partial charge in [0.1, 0.15) is 5.75 Å². The summed E-state index contributed by atoms with van der Waals surface area (Å²) in [5.41, 5.74) is 2.60. The van der Waals surface area contributed by atoms with Crippen molar-refractivity contribution in [2.24, 2.45) is 0 Å². The zero-order chi connectivity index (χ0) is 13.0. The van der Waals surface area contributed by atoms with Crippen molar-refractivity contribution in [1.29, 1.82) is 0 Å². The minimum Gasteiger partial charge on any atom is -0.490 e. The highest BCUT2D eigenvalue weighted by atomic mass is 16.5. The Labute approximate surface area is 111 Å². The molecule has 0 atom stereocenters. The second-order valence-corrected chi connectivity index (χ2v) is 5.32. The van der Waals surface area contributed by atoms with Gasteiger partial charge >= 0.3 is 0 Å². The Kier molecular flexibility index (Phi) is 4.65. The van der Waals surface area contributed by atoms with Crippen molar-refractivity contribution in [2.75, 3.05) is 0 Å². The second-order valence-electron chi connectivity index (χ2n) is 5.32. The fourth-order valence-corrected chi connectivity index (χ4v) is 2.14. The van der Waals surface area contributed by atoms with Crippen LogP contribution in [-0.2, 0) is 6.54 Å². The van der Waals surface area contributed by atoms with Crippen LogP contribution in [0.5, 0.6) is 5.75 Å². The van der Waals surface area contributed by atoms with Gasteiger partial charge in [0.25, 0.3) is 0 Å². The number of aryl methyl sites for hydroxylation is 1. The van der Waals surface area contributed by atoms with E-state index in [0.29, 0.717) is 6.10 Å². The minimum atomic E-state index is 0.340. The van der Waals surface area contributed by atoms with Gasteiger partial charge in [-0.15, -0.1) is 0 Å². The van der Waals surface area contributed by atoms with Gasteiger partial charge in [-0.1, -0.05) is 31.5 Å². The molecule has 0 saturated heterocycles. The first-order valence-corrected chi connectivity index (χ1v) is 7.22. The molecule has 1 fully saturated rings. The number of hydrogen-bond acceptors (Lipinski definition) is 2. The fourth-order valence-electron chi connectivity index (χ4n) is 2.14. The normalized spacial score (nSPS) is 15.1. The first-order chi connectivity index (χ1) is 8.72. The topological polar surface area (TPSA) is 21.3 Å². The van der Waals surface area contributed by atoms with Crippen LogP contribution in [-0.4, -0.2) is 12.1 Å². The van der Waals surface area contributed by atoms with E-state index < -0.39 is 0 Å². The highest BCUT2D eigenvalue weighted by Gasteiger charge is 2.20. The molecular weight excluding hydrogens is 222 g/mol. The molecule has 0 aliphatic heterocycles. The van der Waals surface area contributed by atoms with Gasteiger partial charge in [-0.3, -0.25) is 0 Å². The molecule has 1 saturated carbocycles. The molecule has 2 heteroatoms. The summed E-state index contributed by atoms with van der Waals surface area (Å²) in [6.07, 6.45) is 5.13. The number of hydrogen-bond donors (Lipinski definition) is 1. The lowest BCUT2D eigenvalue weighted by atomic mass is 10.1. The molecule has 1 N–H and O–H groups in total. The molecule has 1 aliphatic carbocycles. The molecule has 2 nitrogen and oxygen atoms in total. The average molecular weight is 247 g/mol. The third-order valence-corrected chi connectivity index (χ3v) is 3.58. The Morgan fingerprint density at radius 2 is 2.00 bits per heavy atom. The Morgan fingerprint density at radius 3 is 2.61 bits per heavy atom. The van der Waals surface area contributed by atoms with Crippen LogP contribution in [0.2, 0.25) is 0 Å². The Bertz CT molecular complexity index is 381. The molecule has 0 heterocycles. The van der Waals surface area contributed by atoms with Crippen molar-refractivity contribution in [1.82, 2.24) is 5.32 Å². The molecule has 0 bridgehead atoms. The summed E-state index contributed by atoms with van der Waals surface area (Å²) in [4.78, 5) is 0. The molecule has 1 aromatic carbocycles. The number of nitrogens with one attached hydrogen (secondary N) is 1. The third kappa shape index (κ3) is 3.74. The molecule has 0 amide bonds. The first-order valence-electron chi connectivity index (χ1n) is 7.22.